The summed E-state index contributed by atoms with van der Waals surface area (Å²) in [7, 11) is 0.407. The molecular weight excluding hydrogens is 527 g/mol. The SMILES string of the molecule is CCc1cc(-c2ccc(CS(=O)(=O)c3ccccc3F)nc2C)nc2cnc(NC3CCC(N(C)C)CC3)nc12. The number of hydrogen-bond acceptors (Lipinski definition) is 8. The molecule has 1 aliphatic carbocycles. The predicted molar refractivity (Wildman–Crippen MR) is 155 cm³/mol. The van der Waals surface area contributed by atoms with Crippen LogP contribution in [0.1, 0.15) is 49.6 Å². The molecule has 4 aromatic rings. The van der Waals surface area contributed by atoms with E-state index < -0.39 is 15.7 Å². The van der Waals surface area contributed by atoms with Crippen molar-refractivity contribution in [1.82, 2.24) is 24.8 Å². The van der Waals surface area contributed by atoms with E-state index in [9.17, 15) is 12.8 Å². The molecule has 0 saturated heterocycles. The summed E-state index contributed by atoms with van der Waals surface area (Å²) < 4.78 is 39.7. The number of sulfone groups is 1. The summed E-state index contributed by atoms with van der Waals surface area (Å²) in [5.74, 6) is -0.523. The smallest absolute Gasteiger partial charge is 0.223 e. The minimum atomic E-state index is -3.88. The highest BCUT2D eigenvalue weighted by atomic mass is 32.2. The third-order valence-electron chi connectivity index (χ3n) is 7.70. The molecule has 0 atom stereocenters. The van der Waals surface area contributed by atoms with E-state index in [1.807, 2.05) is 19.1 Å². The highest BCUT2D eigenvalue weighted by Gasteiger charge is 2.24. The van der Waals surface area contributed by atoms with Gasteiger partial charge < -0.3 is 10.2 Å². The van der Waals surface area contributed by atoms with Gasteiger partial charge in [0.05, 0.1) is 28.9 Å². The van der Waals surface area contributed by atoms with E-state index in [1.165, 1.54) is 18.2 Å². The van der Waals surface area contributed by atoms with Gasteiger partial charge in [0, 0.05) is 23.3 Å². The molecule has 0 radical (unpaired) electrons. The molecule has 3 heterocycles. The second-order valence-electron chi connectivity index (χ2n) is 10.7. The zero-order valence-electron chi connectivity index (χ0n) is 23.4. The van der Waals surface area contributed by atoms with Crippen LogP contribution in [0.3, 0.4) is 0 Å². The Morgan fingerprint density at radius 1 is 1.02 bits per heavy atom. The van der Waals surface area contributed by atoms with Crippen molar-refractivity contribution in [2.75, 3.05) is 19.4 Å². The monoisotopic (exact) mass is 562 g/mol. The number of rotatable bonds is 8. The highest BCUT2D eigenvalue weighted by molar-refractivity contribution is 7.90. The van der Waals surface area contributed by atoms with E-state index in [2.05, 4.69) is 41.2 Å². The fourth-order valence-electron chi connectivity index (χ4n) is 5.42. The fourth-order valence-corrected chi connectivity index (χ4v) is 6.78. The van der Waals surface area contributed by atoms with Crippen molar-refractivity contribution in [2.45, 2.75) is 68.7 Å². The molecule has 0 amide bonds. The summed E-state index contributed by atoms with van der Waals surface area (Å²) >= 11 is 0. The molecule has 1 aliphatic rings. The maximum absolute atomic E-state index is 14.1. The summed E-state index contributed by atoms with van der Waals surface area (Å²) in [6, 6.07) is 11.9. The maximum atomic E-state index is 14.1. The van der Waals surface area contributed by atoms with E-state index in [0.717, 1.165) is 60.5 Å². The van der Waals surface area contributed by atoms with E-state index >= 15 is 0 Å². The molecule has 5 rings (SSSR count). The number of halogens is 1. The van der Waals surface area contributed by atoms with Gasteiger partial charge in [0.25, 0.3) is 0 Å². The summed E-state index contributed by atoms with van der Waals surface area (Å²) in [4.78, 5) is 20.7. The normalized spacial score (nSPS) is 17.9. The van der Waals surface area contributed by atoms with Crippen LogP contribution in [0.25, 0.3) is 22.3 Å². The molecular formula is C30H35FN6O2S. The van der Waals surface area contributed by atoms with E-state index in [1.54, 1.807) is 12.3 Å². The summed E-state index contributed by atoms with van der Waals surface area (Å²) in [6.45, 7) is 3.90. The minimum Gasteiger partial charge on any atom is -0.351 e. The van der Waals surface area contributed by atoms with Crippen molar-refractivity contribution in [1.29, 1.82) is 0 Å². The Morgan fingerprint density at radius 2 is 1.77 bits per heavy atom. The quantitative estimate of drug-likeness (QED) is 0.307. The van der Waals surface area contributed by atoms with Gasteiger partial charge in [-0.2, -0.15) is 0 Å². The average Bonchev–Trinajstić information content (AvgIpc) is 2.93. The Kier molecular flexibility index (Phi) is 8.09. The van der Waals surface area contributed by atoms with Gasteiger partial charge in [-0.15, -0.1) is 0 Å². The number of aryl methyl sites for hydroxylation is 2. The number of pyridine rings is 2. The van der Waals surface area contributed by atoms with Crippen LogP contribution in [0.2, 0.25) is 0 Å². The predicted octanol–water partition coefficient (Wildman–Crippen LogP) is 5.36. The average molecular weight is 563 g/mol. The molecule has 8 nitrogen and oxygen atoms in total. The minimum absolute atomic E-state index is 0.322. The van der Waals surface area contributed by atoms with Crippen LogP contribution in [0.5, 0.6) is 0 Å². The summed E-state index contributed by atoms with van der Waals surface area (Å²) in [5, 5.41) is 3.53. The number of nitrogens with one attached hydrogen (secondary N) is 1. The van der Waals surface area contributed by atoms with Crippen LogP contribution >= 0.6 is 0 Å². The first-order valence-electron chi connectivity index (χ1n) is 13.7. The highest BCUT2D eigenvalue weighted by Crippen LogP contribution is 2.29. The fraction of sp³-hybridized carbons (Fsp3) is 0.400. The maximum Gasteiger partial charge on any atom is 0.223 e. The van der Waals surface area contributed by atoms with E-state index in [4.69, 9.17) is 9.97 Å². The molecule has 10 heteroatoms. The van der Waals surface area contributed by atoms with Gasteiger partial charge in [0.1, 0.15) is 16.2 Å². The lowest BCUT2D eigenvalue weighted by Gasteiger charge is -2.32. The van der Waals surface area contributed by atoms with Gasteiger partial charge in [-0.3, -0.25) is 4.98 Å². The Hall–Kier alpha value is -3.50. The zero-order chi connectivity index (χ0) is 28.4. The Morgan fingerprint density at radius 3 is 2.45 bits per heavy atom. The molecule has 1 fully saturated rings. The Balaban J connectivity index is 1.37. The first-order valence-corrected chi connectivity index (χ1v) is 15.3. The van der Waals surface area contributed by atoms with Crippen molar-refractivity contribution in [3.05, 3.63) is 71.4 Å². The van der Waals surface area contributed by atoms with Crippen molar-refractivity contribution >= 4 is 26.8 Å². The largest absolute Gasteiger partial charge is 0.351 e. The molecule has 3 aromatic heterocycles. The van der Waals surface area contributed by atoms with Crippen LogP contribution in [0, 0.1) is 12.7 Å². The molecule has 1 saturated carbocycles. The number of anilines is 1. The number of benzene rings is 1. The topological polar surface area (TPSA) is 101 Å². The molecule has 1 aromatic carbocycles. The second kappa shape index (κ2) is 11.5. The van der Waals surface area contributed by atoms with Crippen LogP contribution in [-0.2, 0) is 22.0 Å². The van der Waals surface area contributed by atoms with Crippen LogP contribution in [0.15, 0.2) is 53.6 Å². The van der Waals surface area contributed by atoms with Gasteiger partial charge in [-0.05, 0) is 89.0 Å². The molecule has 210 valence electrons. The van der Waals surface area contributed by atoms with Crippen molar-refractivity contribution in [3.63, 3.8) is 0 Å². The lowest BCUT2D eigenvalue weighted by molar-refractivity contribution is 0.221. The number of hydrogen-bond donors (Lipinski definition) is 1. The van der Waals surface area contributed by atoms with Gasteiger partial charge >= 0.3 is 0 Å². The van der Waals surface area contributed by atoms with E-state index in [-0.39, 0.29) is 10.6 Å². The standard InChI is InChI=1S/C30H35FN6O2S/c1-5-20-16-26(24-15-12-22(33-19(24)2)18-40(38,39)28-9-7-6-8-25(28)31)35-27-17-32-30(36-29(20)27)34-21-10-13-23(14-11-21)37(3)4/h6-9,12,15-17,21,23H,5,10-11,13-14,18H2,1-4H3,(H,32,34,36). The van der Waals surface area contributed by atoms with Gasteiger partial charge in [0.2, 0.25) is 5.95 Å². The van der Waals surface area contributed by atoms with Gasteiger partial charge in [-0.25, -0.2) is 27.8 Å². The molecule has 0 spiro atoms. The lowest BCUT2D eigenvalue weighted by atomic mass is 9.91. The summed E-state index contributed by atoms with van der Waals surface area (Å²) in [6.07, 6.45) is 7.02. The molecule has 40 heavy (non-hydrogen) atoms. The van der Waals surface area contributed by atoms with E-state index in [0.29, 0.717) is 34.9 Å². The first-order chi connectivity index (χ1) is 19.1. The second-order valence-corrected chi connectivity index (χ2v) is 12.6. The van der Waals surface area contributed by atoms with Crippen molar-refractivity contribution in [3.8, 4) is 11.3 Å². The van der Waals surface area contributed by atoms with Crippen LogP contribution in [0.4, 0.5) is 10.3 Å². The summed E-state index contributed by atoms with van der Waals surface area (Å²) in [5.41, 5.74) is 5.08. The molecule has 1 N–H and O–H groups in total. The third kappa shape index (κ3) is 5.97. The van der Waals surface area contributed by atoms with Crippen LogP contribution < -0.4 is 5.32 Å². The number of fused-ring (bicyclic) bond motifs is 1. The Bertz CT molecular complexity index is 1640. The molecule has 0 bridgehead atoms. The molecule has 0 aliphatic heterocycles. The van der Waals surface area contributed by atoms with Gasteiger partial charge in [-0.1, -0.05) is 19.1 Å². The van der Waals surface area contributed by atoms with Crippen molar-refractivity contribution < 1.29 is 12.8 Å². The zero-order valence-corrected chi connectivity index (χ0v) is 24.2. The lowest BCUT2D eigenvalue weighted by Crippen LogP contribution is -2.36. The molecule has 0 unspecified atom stereocenters. The van der Waals surface area contributed by atoms with Crippen LogP contribution in [-0.4, -0.2) is 59.4 Å². The number of nitrogens with zero attached hydrogens (tertiary/aromatic N) is 5. The first kappa shape index (κ1) is 28.0. The number of aromatic nitrogens is 4. The van der Waals surface area contributed by atoms with Gasteiger partial charge in [0.15, 0.2) is 9.84 Å². The Labute approximate surface area is 235 Å². The third-order valence-corrected chi connectivity index (χ3v) is 9.37. The van der Waals surface area contributed by atoms with Crippen molar-refractivity contribution in [2.24, 2.45) is 0 Å².